The summed E-state index contributed by atoms with van der Waals surface area (Å²) in [6.45, 7) is 6.90. The summed E-state index contributed by atoms with van der Waals surface area (Å²) in [7, 11) is 0. The van der Waals surface area contributed by atoms with E-state index in [9.17, 15) is 14.0 Å². The summed E-state index contributed by atoms with van der Waals surface area (Å²) >= 11 is 0. The molecule has 1 aliphatic heterocycles. The Morgan fingerprint density at radius 1 is 1.16 bits per heavy atom. The van der Waals surface area contributed by atoms with E-state index in [2.05, 4.69) is 5.10 Å². The molecule has 2 amide bonds. The number of rotatable bonds is 5. The molecule has 0 spiro atoms. The molecule has 3 aromatic rings. The summed E-state index contributed by atoms with van der Waals surface area (Å²) in [6, 6.07) is 6.43. The van der Waals surface area contributed by atoms with Crippen molar-refractivity contribution in [1.82, 2.24) is 24.5 Å². The molecule has 10 nitrogen and oxygen atoms in total. The third-order valence-corrected chi connectivity index (χ3v) is 6.32. The molecular formula is C26H34FN7O3. The third kappa shape index (κ3) is 6.10. The first-order valence-corrected chi connectivity index (χ1v) is 12.5. The number of likely N-dealkylation sites (tertiary alicyclic amines) is 1. The lowest BCUT2D eigenvalue weighted by molar-refractivity contribution is 0.0228. The largest absolute Gasteiger partial charge is 0.444 e. The summed E-state index contributed by atoms with van der Waals surface area (Å²) in [4.78, 5) is 26.6. The molecule has 4 rings (SSSR count). The van der Waals surface area contributed by atoms with Gasteiger partial charge in [0.05, 0.1) is 18.8 Å². The number of nitrogen functional groups attached to an aromatic ring is 1. The van der Waals surface area contributed by atoms with E-state index in [1.165, 1.54) is 6.07 Å². The van der Waals surface area contributed by atoms with Crippen molar-refractivity contribution in [1.29, 1.82) is 0 Å². The van der Waals surface area contributed by atoms with Crippen molar-refractivity contribution in [3.8, 4) is 11.3 Å². The van der Waals surface area contributed by atoms with E-state index in [0.29, 0.717) is 29.9 Å². The molecule has 0 bridgehead atoms. The van der Waals surface area contributed by atoms with Gasteiger partial charge in [-0.05, 0) is 52.5 Å². The van der Waals surface area contributed by atoms with Gasteiger partial charge in [0.2, 0.25) is 0 Å². The van der Waals surface area contributed by atoms with Gasteiger partial charge in [0, 0.05) is 30.4 Å². The molecule has 0 atom stereocenters. The van der Waals surface area contributed by atoms with E-state index in [0.717, 1.165) is 25.7 Å². The number of hydrogen-bond acceptors (Lipinski definition) is 6. The van der Waals surface area contributed by atoms with Gasteiger partial charge in [-0.3, -0.25) is 9.48 Å². The molecule has 4 N–H and O–H groups in total. The Balaban J connectivity index is 1.52. The first kappa shape index (κ1) is 26.2. The molecule has 11 heteroatoms. The van der Waals surface area contributed by atoms with Crippen LogP contribution in [-0.4, -0.2) is 55.2 Å². The van der Waals surface area contributed by atoms with Crippen molar-refractivity contribution in [3.63, 3.8) is 0 Å². The summed E-state index contributed by atoms with van der Waals surface area (Å²) < 4.78 is 22.8. The summed E-state index contributed by atoms with van der Waals surface area (Å²) in [5, 5.41) is 9.01. The summed E-state index contributed by atoms with van der Waals surface area (Å²) in [6.07, 6.45) is 5.84. The van der Waals surface area contributed by atoms with E-state index >= 15 is 0 Å². The van der Waals surface area contributed by atoms with Gasteiger partial charge in [-0.25, -0.2) is 13.9 Å². The highest BCUT2D eigenvalue weighted by molar-refractivity contribution is 6.03. The fourth-order valence-electron chi connectivity index (χ4n) is 4.59. The quantitative estimate of drug-likeness (QED) is 0.532. The first-order valence-electron chi connectivity index (χ1n) is 12.5. The number of ether oxygens (including phenoxy) is 1. The van der Waals surface area contributed by atoms with Crippen molar-refractivity contribution in [2.24, 2.45) is 5.73 Å². The zero-order chi connectivity index (χ0) is 26.7. The molecule has 198 valence electrons. The van der Waals surface area contributed by atoms with Crippen molar-refractivity contribution in [2.75, 3.05) is 18.8 Å². The van der Waals surface area contributed by atoms with E-state index in [1.807, 2.05) is 20.8 Å². The summed E-state index contributed by atoms with van der Waals surface area (Å²) in [5.74, 6) is -0.790. The van der Waals surface area contributed by atoms with E-state index < -0.39 is 11.5 Å². The third-order valence-electron chi connectivity index (χ3n) is 6.32. The highest BCUT2D eigenvalue weighted by atomic mass is 19.1. The van der Waals surface area contributed by atoms with Gasteiger partial charge in [0.15, 0.2) is 0 Å². The number of anilines is 1. The maximum absolute atomic E-state index is 14.1. The van der Waals surface area contributed by atoms with Crippen LogP contribution in [0.15, 0.2) is 36.7 Å². The van der Waals surface area contributed by atoms with Crippen LogP contribution in [0.3, 0.4) is 0 Å². The van der Waals surface area contributed by atoms with Gasteiger partial charge in [-0.1, -0.05) is 18.2 Å². The fourth-order valence-corrected chi connectivity index (χ4v) is 4.59. The van der Waals surface area contributed by atoms with E-state index in [-0.39, 0.29) is 35.9 Å². The average Bonchev–Trinajstić information content (AvgIpc) is 3.38. The van der Waals surface area contributed by atoms with Gasteiger partial charge in [-0.2, -0.15) is 10.2 Å². The zero-order valence-electron chi connectivity index (χ0n) is 21.5. The number of nitrogens with two attached hydrogens (primary N) is 2. The zero-order valence-corrected chi connectivity index (χ0v) is 21.5. The van der Waals surface area contributed by atoms with Crippen LogP contribution in [-0.2, 0) is 11.3 Å². The molecule has 0 saturated carbocycles. The minimum absolute atomic E-state index is 0.0545. The highest BCUT2D eigenvalue weighted by Crippen LogP contribution is 2.33. The van der Waals surface area contributed by atoms with Crippen LogP contribution in [0.5, 0.6) is 0 Å². The Labute approximate surface area is 215 Å². The van der Waals surface area contributed by atoms with Crippen LogP contribution < -0.4 is 11.5 Å². The Kier molecular flexibility index (Phi) is 7.51. The number of benzene rings is 1. The average molecular weight is 512 g/mol. The predicted molar refractivity (Wildman–Crippen MR) is 137 cm³/mol. The minimum atomic E-state index is -0.678. The van der Waals surface area contributed by atoms with E-state index in [1.54, 1.807) is 44.9 Å². The normalized spacial score (nSPS) is 15.3. The monoisotopic (exact) mass is 511 g/mol. The molecule has 0 unspecified atom stereocenters. The van der Waals surface area contributed by atoms with Crippen LogP contribution >= 0.6 is 0 Å². The summed E-state index contributed by atoms with van der Waals surface area (Å²) in [5.41, 5.74) is 13.1. The van der Waals surface area contributed by atoms with Crippen LogP contribution in [0.1, 0.15) is 68.4 Å². The van der Waals surface area contributed by atoms with Gasteiger partial charge >= 0.3 is 6.09 Å². The number of carbonyl (C=O) groups is 2. The van der Waals surface area contributed by atoms with Crippen molar-refractivity contribution in [2.45, 2.75) is 64.6 Å². The van der Waals surface area contributed by atoms with Gasteiger partial charge < -0.3 is 21.1 Å². The number of aromatic nitrogens is 4. The SMILES string of the molecule is CC(C)(C)OC(=O)N1CCCC(n2nc(-c3cnn(Cc4ccccc4F)c3)c(C(N)=O)c2N)CCC1. The van der Waals surface area contributed by atoms with Crippen molar-refractivity contribution >= 4 is 17.8 Å². The molecule has 1 aromatic carbocycles. The standard InChI is InChI=1S/C26H34FN7O3/c1-26(2,3)37-25(36)32-12-6-9-19(10-7-13-32)34-23(28)21(24(29)35)22(31-34)18-14-30-33(16-18)15-17-8-4-5-11-20(17)27/h4-5,8,11,14,16,19H,6-7,9-10,12-13,15,28H2,1-3H3,(H2,29,35). The molecule has 0 aliphatic carbocycles. The van der Waals surface area contributed by atoms with Crippen LogP contribution in [0.2, 0.25) is 0 Å². The number of amides is 2. The van der Waals surface area contributed by atoms with Gasteiger partial charge in [0.1, 0.15) is 28.5 Å². The molecule has 1 aliphatic rings. The maximum Gasteiger partial charge on any atom is 0.410 e. The first-order chi connectivity index (χ1) is 17.5. The van der Waals surface area contributed by atoms with Crippen molar-refractivity contribution < 1.29 is 18.7 Å². The number of halogens is 1. The lowest BCUT2D eigenvalue weighted by Gasteiger charge is -2.30. The van der Waals surface area contributed by atoms with Gasteiger partial charge in [0.25, 0.3) is 5.91 Å². The van der Waals surface area contributed by atoms with Crippen LogP contribution in [0, 0.1) is 5.82 Å². The molecule has 2 aromatic heterocycles. The number of hydrogen-bond donors (Lipinski definition) is 2. The Morgan fingerprint density at radius 3 is 2.46 bits per heavy atom. The van der Waals surface area contributed by atoms with Crippen LogP contribution in [0.25, 0.3) is 11.3 Å². The maximum atomic E-state index is 14.1. The second kappa shape index (κ2) is 10.6. The van der Waals surface area contributed by atoms with Gasteiger partial charge in [-0.15, -0.1) is 0 Å². The fraction of sp³-hybridized carbons (Fsp3) is 0.462. The smallest absolute Gasteiger partial charge is 0.410 e. The molecule has 37 heavy (non-hydrogen) atoms. The Bertz CT molecular complexity index is 1270. The lowest BCUT2D eigenvalue weighted by atomic mass is 10.0. The van der Waals surface area contributed by atoms with E-state index in [4.69, 9.17) is 21.3 Å². The number of primary amides is 1. The minimum Gasteiger partial charge on any atom is -0.444 e. The Hall–Kier alpha value is -3.89. The second-order valence-corrected chi connectivity index (χ2v) is 10.3. The number of nitrogens with zero attached hydrogens (tertiary/aromatic N) is 5. The lowest BCUT2D eigenvalue weighted by Crippen LogP contribution is -2.39. The number of carbonyl (C=O) groups excluding carboxylic acids is 2. The molecule has 0 radical (unpaired) electrons. The molecule has 3 heterocycles. The topological polar surface area (TPSA) is 134 Å². The molecule has 1 fully saturated rings. The van der Waals surface area contributed by atoms with Crippen LogP contribution in [0.4, 0.5) is 15.0 Å². The highest BCUT2D eigenvalue weighted by Gasteiger charge is 2.28. The molecular weight excluding hydrogens is 477 g/mol. The van der Waals surface area contributed by atoms with Crippen molar-refractivity contribution in [3.05, 3.63) is 53.6 Å². The molecule has 1 saturated heterocycles. The Morgan fingerprint density at radius 2 is 1.84 bits per heavy atom. The second-order valence-electron chi connectivity index (χ2n) is 10.3. The predicted octanol–water partition coefficient (Wildman–Crippen LogP) is 3.97.